The number of benzene rings is 1. The zero-order chi connectivity index (χ0) is 23.6. The van der Waals surface area contributed by atoms with E-state index >= 15 is 0 Å². The third-order valence-electron chi connectivity index (χ3n) is 5.39. The maximum Gasteiger partial charge on any atom is 0.227 e. The summed E-state index contributed by atoms with van der Waals surface area (Å²) in [6.07, 6.45) is 0.453. The molecule has 0 saturated carbocycles. The van der Waals surface area contributed by atoms with Gasteiger partial charge in [-0.3, -0.25) is 0 Å². The Morgan fingerprint density at radius 3 is 2.30 bits per heavy atom. The molecule has 0 aliphatic rings. The lowest BCUT2D eigenvalue weighted by Crippen LogP contribution is -2.32. The summed E-state index contributed by atoms with van der Waals surface area (Å²) >= 11 is 0. The molecular weight excluding hydrogens is 368 g/mol. The van der Waals surface area contributed by atoms with Gasteiger partial charge in [-0.05, 0) is 42.5 Å². The highest BCUT2D eigenvalue weighted by Gasteiger charge is 2.23. The van der Waals surface area contributed by atoms with Crippen molar-refractivity contribution in [2.75, 3.05) is 0 Å². The van der Waals surface area contributed by atoms with E-state index in [1.165, 1.54) is 0 Å². The Labute approximate surface area is 182 Å². The minimum absolute atomic E-state index is 0.0553. The smallest absolute Gasteiger partial charge is 0.227 e. The Hall–Kier alpha value is -2.68. The second-order valence-corrected chi connectivity index (χ2v) is 10.3. The second kappa shape index (κ2) is 6.94. The molecule has 1 aromatic carbocycles. The molecular formula is C27H33N2O+. The minimum Gasteiger partial charge on any atom is -0.437 e. The monoisotopic (exact) mass is 403 g/mol. The second-order valence-electron chi connectivity index (χ2n) is 10.3. The van der Waals surface area contributed by atoms with Crippen LogP contribution in [0.3, 0.4) is 0 Å². The molecule has 0 bridgehead atoms. The summed E-state index contributed by atoms with van der Waals surface area (Å²) in [4.78, 5) is 4.82. The Kier molecular flexibility index (Phi) is 4.19. The van der Waals surface area contributed by atoms with Crippen LogP contribution >= 0.6 is 0 Å². The Morgan fingerprint density at radius 2 is 1.67 bits per heavy atom. The van der Waals surface area contributed by atoms with Crippen LogP contribution in [0, 0.1) is 12.3 Å². The fraction of sp³-hybridized carbons (Fsp3) is 0.407. The number of hydrogen-bond acceptors (Lipinski definition) is 2. The van der Waals surface area contributed by atoms with Crippen molar-refractivity contribution < 1.29 is 11.7 Å². The van der Waals surface area contributed by atoms with Crippen LogP contribution in [0.25, 0.3) is 33.3 Å². The lowest BCUT2D eigenvalue weighted by atomic mass is 9.88. The molecule has 0 fully saturated rings. The van der Waals surface area contributed by atoms with Gasteiger partial charge in [-0.25, -0.2) is 9.55 Å². The van der Waals surface area contributed by atoms with Gasteiger partial charge in [-0.1, -0.05) is 53.7 Å². The maximum atomic E-state index is 8.63. The van der Waals surface area contributed by atoms with Gasteiger partial charge in [0.1, 0.15) is 7.05 Å². The number of hydrogen-bond donors (Lipinski definition) is 0. The van der Waals surface area contributed by atoms with Crippen molar-refractivity contribution >= 4 is 22.1 Å². The van der Waals surface area contributed by atoms with Gasteiger partial charge in [0.25, 0.3) is 0 Å². The van der Waals surface area contributed by atoms with Crippen molar-refractivity contribution in [3.8, 4) is 11.3 Å². The van der Waals surface area contributed by atoms with Crippen molar-refractivity contribution in [3.63, 3.8) is 0 Å². The molecule has 0 atom stereocenters. The number of aryl methyl sites for hydroxylation is 2. The van der Waals surface area contributed by atoms with Crippen molar-refractivity contribution in [3.05, 3.63) is 59.4 Å². The SMILES string of the molecule is [2H]C([2H])(c1ccc(-c2c(C)ccc3c2oc2nc(C(C)(C)C)ccc23)[n+](C)c1)C(C)(C)C. The van der Waals surface area contributed by atoms with Gasteiger partial charge in [0, 0.05) is 36.3 Å². The predicted molar refractivity (Wildman–Crippen MR) is 125 cm³/mol. The van der Waals surface area contributed by atoms with E-state index in [0.29, 0.717) is 11.3 Å². The molecule has 0 N–H and O–H groups in total. The quantitative estimate of drug-likeness (QED) is 0.350. The predicted octanol–water partition coefficient (Wildman–Crippen LogP) is 6.67. The molecule has 0 radical (unpaired) electrons. The van der Waals surface area contributed by atoms with Gasteiger partial charge >= 0.3 is 0 Å². The van der Waals surface area contributed by atoms with E-state index in [-0.39, 0.29) is 5.41 Å². The Balaban J connectivity index is 1.94. The molecule has 4 aromatic rings. The number of pyridine rings is 2. The molecule has 156 valence electrons. The average molecular weight is 404 g/mol. The highest BCUT2D eigenvalue weighted by atomic mass is 16.3. The van der Waals surface area contributed by atoms with E-state index in [4.69, 9.17) is 12.1 Å². The number of aromatic nitrogens is 2. The van der Waals surface area contributed by atoms with E-state index in [9.17, 15) is 0 Å². The van der Waals surface area contributed by atoms with E-state index < -0.39 is 11.8 Å². The summed E-state index contributed by atoms with van der Waals surface area (Å²) < 4.78 is 25.6. The molecule has 4 rings (SSSR count). The van der Waals surface area contributed by atoms with Crippen molar-refractivity contribution in [2.45, 2.75) is 60.3 Å². The first-order chi connectivity index (χ1) is 14.7. The number of fused-ring (bicyclic) bond motifs is 3. The van der Waals surface area contributed by atoms with Gasteiger partial charge < -0.3 is 4.42 Å². The summed E-state index contributed by atoms with van der Waals surface area (Å²) in [7, 11) is 1.97. The molecule has 3 heterocycles. The summed E-state index contributed by atoms with van der Waals surface area (Å²) in [6.45, 7) is 14.3. The van der Waals surface area contributed by atoms with E-state index in [0.717, 1.165) is 38.9 Å². The largest absolute Gasteiger partial charge is 0.437 e. The molecule has 0 saturated heterocycles. The highest BCUT2D eigenvalue weighted by Crippen LogP contribution is 2.37. The summed E-state index contributed by atoms with van der Waals surface area (Å²) in [5.74, 6) is 0. The van der Waals surface area contributed by atoms with Crippen LogP contribution in [0.15, 0.2) is 47.0 Å². The number of furan rings is 1. The maximum absolute atomic E-state index is 8.63. The lowest BCUT2D eigenvalue weighted by Gasteiger charge is -2.17. The number of rotatable bonds is 2. The minimum atomic E-state index is -1.45. The standard InChI is InChI=1S/C27H33N2O/c1-17-9-11-19-20-12-14-22(27(5,6)7)28-25(20)30-24(19)23(17)21-13-10-18(16-29(21)8)15-26(2,3)4/h9-14,16H,15H2,1-8H3/q+1/i15D2. The molecule has 0 amide bonds. The molecule has 30 heavy (non-hydrogen) atoms. The third-order valence-corrected chi connectivity index (χ3v) is 5.39. The average Bonchev–Trinajstić information content (AvgIpc) is 3.04. The first-order valence-corrected chi connectivity index (χ1v) is 10.6. The van der Waals surface area contributed by atoms with Crippen molar-refractivity contribution in [2.24, 2.45) is 12.5 Å². The topological polar surface area (TPSA) is 29.9 Å². The zero-order valence-corrected chi connectivity index (χ0v) is 19.3. The van der Waals surface area contributed by atoms with Gasteiger partial charge in [0.05, 0.1) is 5.56 Å². The fourth-order valence-corrected chi connectivity index (χ4v) is 3.93. The van der Waals surface area contributed by atoms with E-state index in [1.54, 1.807) is 0 Å². The van der Waals surface area contributed by atoms with Crippen LogP contribution in [0.2, 0.25) is 0 Å². The summed E-state index contributed by atoms with van der Waals surface area (Å²) in [6, 6.07) is 12.3. The molecule has 3 aromatic heterocycles. The van der Waals surface area contributed by atoms with Crippen LogP contribution in [-0.4, -0.2) is 4.98 Å². The van der Waals surface area contributed by atoms with Crippen molar-refractivity contribution in [1.29, 1.82) is 0 Å². The van der Waals surface area contributed by atoms with E-state index in [2.05, 4.69) is 52.0 Å². The van der Waals surface area contributed by atoms with Crippen LogP contribution in [0.1, 0.15) is 61.1 Å². The molecule has 3 nitrogen and oxygen atoms in total. The molecule has 0 unspecified atom stereocenters. The van der Waals surface area contributed by atoms with Crippen LogP contribution in [0.4, 0.5) is 0 Å². The summed E-state index contributed by atoms with van der Waals surface area (Å²) in [5, 5.41) is 2.06. The Morgan fingerprint density at radius 1 is 0.967 bits per heavy atom. The molecule has 0 aliphatic carbocycles. The van der Waals surface area contributed by atoms with Crippen LogP contribution in [-0.2, 0) is 18.8 Å². The van der Waals surface area contributed by atoms with Crippen molar-refractivity contribution in [1.82, 2.24) is 4.98 Å². The summed E-state index contributed by atoms with van der Waals surface area (Å²) in [5.41, 5.74) is 5.69. The molecule has 0 aliphatic heterocycles. The Bertz CT molecular complexity index is 1340. The molecule has 0 spiro atoms. The molecule has 3 heteroatoms. The van der Waals surface area contributed by atoms with E-state index in [1.807, 2.05) is 50.7 Å². The van der Waals surface area contributed by atoms with Crippen LogP contribution in [0.5, 0.6) is 0 Å². The highest BCUT2D eigenvalue weighted by molar-refractivity contribution is 6.08. The van der Waals surface area contributed by atoms with Gasteiger partial charge in [0.15, 0.2) is 11.8 Å². The first-order valence-electron chi connectivity index (χ1n) is 11.6. The normalized spacial score (nSPS) is 14.3. The number of nitrogens with zero attached hydrogens (tertiary/aromatic N) is 2. The van der Waals surface area contributed by atoms with Gasteiger partial charge in [0.2, 0.25) is 11.4 Å². The van der Waals surface area contributed by atoms with Gasteiger partial charge in [-0.2, -0.15) is 0 Å². The fourth-order valence-electron chi connectivity index (χ4n) is 3.93. The third kappa shape index (κ3) is 3.74. The lowest BCUT2D eigenvalue weighted by molar-refractivity contribution is -0.660. The first kappa shape index (κ1) is 18.1. The van der Waals surface area contributed by atoms with Crippen LogP contribution < -0.4 is 4.57 Å². The zero-order valence-electron chi connectivity index (χ0n) is 21.3. The van der Waals surface area contributed by atoms with Gasteiger partial charge in [-0.15, -0.1) is 0 Å².